The molecule has 1 heterocycles. The van der Waals surface area contributed by atoms with Gasteiger partial charge in [0.15, 0.2) is 5.69 Å². The molecule has 0 aliphatic heterocycles. The molecule has 0 spiro atoms. The van der Waals surface area contributed by atoms with Gasteiger partial charge >= 0.3 is 0 Å². The summed E-state index contributed by atoms with van der Waals surface area (Å²) in [7, 11) is 0. The molecule has 3 N–H and O–H groups in total. The highest BCUT2D eigenvalue weighted by Crippen LogP contribution is 2.02. The van der Waals surface area contributed by atoms with Gasteiger partial charge in [-0.2, -0.15) is 5.10 Å². The van der Waals surface area contributed by atoms with Gasteiger partial charge in [0.05, 0.1) is 0 Å². The highest BCUT2D eigenvalue weighted by molar-refractivity contribution is 5.98. The number of carbonyl (C=O) groups is 2. The second kappa shape index (κ2) is 6.72. The summed E-state index contributed by atoms with van der Waals surface area (Å²) in [6.45, 7) is 3.72. The van der Waals surface area contributed by atoms with E-state index >= 15 is 0 Å². The van der Waals surface area contributed by atoms with E-state index in [0.717, 1.165) is 11.3 Å². The Bertz CT molecular complexity index is 607. The van der Waals surface area contributed by atoms with Gasteiger partial charge in [-0.1, -0.05) is 17.7 Å². The van der Waals surface area contributed by atoms with E-state index in [1.165, 1.54) is 0 Å². The highest BCUT2D eigenvalue weighted by Gasteiger charge is 2.11. The molecule has 1 aromatic heterocycles. The predicted molar refractivity (Wildman–Crippen MR) is 76.7 cm³/mol. The molecule has 2 aromatic rings. The van der Waals surface area contributed by atoms with Crippen molar-refractivity contribution in [3.05, 3.63) is 52.8 Å². The van der Waals surface area contributed by atoms with Crippen LogP contribution >= 0.6 is 12.4 Å². The van der Waals surface area contributed by atoms with Gasteiger partial charge < -0.3 is 0 Å². The van der Waals surface area contributed by atoms with E-state index in [9.17, 15) is 9.59 Å². The Morgan fingerprint density at radius 1 is 1.05 bits per heavy atom. The first-order valence-electron chi connectivity index (χ1n) is 5.75. The van der Waals surface area contributed by atoms with Crippen LogP contribution in [0.15, 0.2) is 30.3 Å². The molecule has 7 heteroatoms. The topological polar surface area (TPSA) is 86.9 Å². The Labute approximate surface area is 122 Å². The van der Waals surface area contributed by atoms with E-state index in [2.05, 4.69) is 21.0 Å². The third-order valence-electron chi connectivity index (χ3n) is 2.54. The van der Waals surface area contributed by atoms with Crippen LogP contribution in [-0.2, 0) is 0 Å². The molecule has 1 aromatic carbocycles. The van der Waals surface area contributed by atoms with E-state index in [-0.39, 0.29) is 24.0 Å². The lowest BCUT2D eigenvalue weighted by atomic mass is 10.1. The average molecular weight is 295 g/mol. The van der Waals surface area contributed by atoms with Crippen molar-refractivity contribution in [1.82, 2.24) is 21.0 Å². The maximum atomic E-state index is 11.7. The molecule has 0 unspecified atom stereocenters. The number of hydrogen-bond donors (Lipinski definition) is 3. The minimum absolute atomic E-state index is 0. The standard InChI is InChI=1S/C13H14N4O2.ClH/c1-8-3-5-10(6-4-8)12(18)16-17-13(19)11-7-9(2)14-15-11;/h3-7H,1-2H3,(H,14,15)(H,16,18)(H,17,19);1H. The third kappa shape index (κ3) is 3.83. The Hall–Kier alpha value is -2.34. The predicted octanol–water partition coefficient (Wildman–Crippen LogP) is 1.52. The number of amides is 2. The first-order chi connectivity index (χ1) is 9.06. The van der Waals surface area contributed by atoms with Gasteiger partial charge in [-0.05, 0) is 32.0 Å². The smallest absolute Gasteiger partial charge is 0.282 e. The summed E-state index contributed by atoms with van der Waals surface area (Å²) in [6.07, 6.45) is 0. The van der Waals surface area contributed by atoms with Crippen LogP contribution in [0.4, 0.5) is 0 Å². The quantitative estimate of drug-likeness (QED) is 0.734. The van der Waals surface area contributed by atoms with Gasteiger partial charge in [-0.3, -0.25) is 25.5 Å². The number of carbonyl (C=O) groups excluding carboxylic acids is 2. The van der Waals surface area contributed by atoms with Crippen molar-refractivity contribution >= 4 is 24.2 Å². The molecule has 2 amide bonds. The lowest BCUT2D eigenvalue weighted by molar-refractivity contribution is 0.0844. The molecule has 0 bridgehead atoms. The maximum absolute atomic E-state index is 11.7. The lowest BCUT2D eigenvalue weighted by Crippen LogP contribution is -2.41. The van der Waals surface area contributed by atoms with Crippen LogP contribution in [0, 0.1) is 13.8 Å². The summed E-state index contributed by atoms with van der Waals surface area (Å²) in [6, 6.07) is 8.63. The minimum atomic E-state index is -0.468. The molecule has 6 nitrogen and oxygen atoms in total. The van der Waals surface area contributed by atoms with Crippen molar-refractivity contribution in [2.75, 3.05) is 0 Å². The van der Waals surface area contributed by atoms with Crippen LogP contribution in [0.2, 0.25) is 0 Å². The van der Waals surface area contributed by atoms with E-state index in [0.29, 0.717) is 5.56 Å². The Morgan fingerprint density at radius 3 is 2.20 bits per heavy atom. The fourth-order valence-corrected chi connectivity index (χ4v) is 1.49. The van der Waals surface area contributed by atoms with E-state index in [4.69, 9.17) is 0 Å². The number of H-pyrrole nitrogens is 1. The first kappa shape index (κ1) is 15.7. The van der Waals surface area contributed by atoms with Crippen molar-refractivity contribution in [3.8, 4) is 0 Å². The van der Waals surface area contributed by atoms with E-state index < -0.39 is 5.91 Å². The van der Waals surface area contributed by atoms with Crippen molar-refractivity contribution in [3.63, 3.8) is 0 Å². The lowest BCUT2D eigenvalue weighted by Gasteiger charge is -2.05. The molecule has 20 heavy (non-hydrogen) atoms. The van der Waals surface area contributed by atoms with Crippen LogP contribution in [-0.4, -0.2) is 22.0 Å². The molecule has 0 atom stereocenters. The number of aromatic amines is 1. The maximum Gasteiger partial charge on any atom is 0.290 e. The number of aromatic nitrogens is 2. The molecule has 0 saturated carbocycles. The second-order valence-corrected chi connectivity index (χ2v) is 4.21. The number of rotatable bonds is 2. The largest absolute Gasteiger partial charge is 0.290 e. The van der Waals surface area contributed by atoms with Crippen LogP contribution in [0.1, 0.15) is 32.1 Å². The molecular weight excluding hydrogens is 280 g/mol. The van der Waals surface area contributed by atoms with Gasteiger partial charge in [0, 0.05) is 11.3 Å². The summed E-state index contributed by atoms with van der Waals surface area (Å²) in [5, 5.41) is 6.44. The molecule has 0 radical (unpaired) electrons. The highest BCUT2D eigenvalue weighted by atomic mass is 35.5. The Kier molecular flexibility index (Phi) is 5.28. The van der Waals surface area contributed by atoms with Gasteiger partial charge in [-0.25, -0.2) is 0 Å². The second-order valence-electron chi connectivity index (χ2n) is 4.21. The number of nitrogens with zero attached hydrogens (tertiary/aromatic N) is 1. The van der Waals surface area contributed by atoms with E-state index in [1.54, 1.807) is 25.1 Å². The molecule has 0 aliphatic rings. The van der Waals surface area contributed by atoms with Gasteiger partial charge in [0.25, 0.3) is 11.8 Å². The summed E-state index contributed by atoms with van der Waals surface area (Å²) in [5.74, 6) is -0.842. The van der Waals surface area contributed by atoms with Crippen molar-refractivity contribution in [2.45, 2.75) is 13.8 Å². The molecule has 106 valence electrons. The van der Waals surface area contributed by atoms with Gasteiger partial charge in [0.1, 0.15) is 0 Å². The monoisotopic (exact) mass is 294 g/mol. The number of aryl methyl sites for hydroxylation is 2. The molecule has 2 rings (SSSR count). The summed E-state index contributed by atoms with van der Waals surface area (Å²) in [5.41, 5.74) is 7.17. The number of hydrogen-bond acceptors (Lipinski definition) is 3. The van der Waals surface area contributed by atoms with Gasteiger partial charge in [-0.15, -0.1) is 12.4 Å². The Morgan fingerprint density at radius 2 is 1.65 bits per heavy atom. The summed E-state index contributed by atoms with van der Waals surface area (Å²) in [4.78, 5) is 23.4. The average Bonchev–Trinajstić information content (AvgIpc) is 2.83. The van der Waals surface area contributed by atoms with Crippen LogP contribution in [0.5, 0.6) is 0 Å². The number of halogens is 1. The minimum Gasteiger partial charge on any atom is -0.282 e. The SMILES string of the molecule is Cc1ccc(C(=O)NNC(=O)c2cc(C)[nH]n2)cc1.Cl. The summed E-state index contributed by atoms with van der Waals surface area (Å²) >= 11 is 0. The zero-order valence-electron chi connectivity index (χ0n) is 11.1. The molecule has 0 fully saturated rings. The fraction of sp³-hybridized carbons (Fsp3) is 0.154. The Balaban J connectivity index is 0.00000200. The zero-order chi connectivity index (χ0) is 13.8. The normalized spacial score (nSPS) is 9.50. The summed E-state index contributed by atoms with van der Waals surface area (Å²) < 4.78 is 0. The fourth-order valence-electron chi connectivity index (χ4n) is 1.49. The number of nitrogens with one attached hydrogen (secondary N) is 3. The number of benzene rings is 1. The molecule has 0 aliphatic carbocycles. The first-order valence-corrected chi connectivity index (χ1v) is 5.75. The van der Waals surface area contributed by atoms with E-state index in [1.807, 2.05) is 19.1 Å². The van der Waals surface area contributed by atoms with Crippen molar-refractivity contribution < 1.29 is 9.59 Å². The molecular formula is C13H15ClN4O2. The van der Waals surface area contributed by atoms with Crippen molar-refractivity contribution in [2.24, 2.45) is 0 Å². The molecule has 0 saturated heterocycles. The number of hydrazine groups is 1. The van der Waals surface area contributed by atoms with Gasteiger partial charge in [0.2, 0.25) is 0 Å². The van der Waals surface area contributed by atoms with Crippen LogP contribution in [0.3, 0.4) is 0 Å². The van der Waals surface area contributed by atoms with Crippen LogP contribution < -0.4 is 10.9 Å². The third-order valence-corrected chi connectivity index (χ3v) is 2.54. The van der Waals surface area contributed by atoms with Crippen LogP contribution in [0.25, 0.3) is 0 Å². The zero-order valence-corrected chi connectivity index (χ0v) is 11.9. The van der Waals surface area contributed by atoms with Crippen molar-refractivity contribution in [1.29, 1.82) is 0 Å².